The van der Waals surface area contributed by atoms with Crippen LogP contribution < -0.4 is 11.1 Å². The van der Waals surface area contributed by atoms with Crippen LogP contribution in [0.1, 0.15) is 32.6 Å². The largest absolute Gasteiger partial charge is 0.381 e. The molecule has 0 aliphatic rings. The van der Waals surface area contributed by atoms with Crippen molar-refractivity contribution in [1.29, 1.82) is 0 Å². The Kier molecular flexibility index (Phi) is 15.8. The summed E-state index contributed by atoms with van der Waals surface area (Å²) in [7, 11) is 0. The van der Waals surface area contributed by atoms with E-state index >= 15 is 0 Å². The minimum atomic E-state index is 0.0152. The molecule has 6 nitrogen and oxygen atoms in total. The molecular formula is C14H30N2O4. The Morgan fingerprint density at radius 3 is 2.30 bits per heavy atom. The third-order valence-corrected chi connectivity index (χ3v) is 2.54. The van der Waals surface area contributed by atoms with Gasteiger partial charge in [0, 0.05) is 32.7 Å². The van der Waals surface area contributed by atoms with Crippen molar-refractivity contribution in [2.45, 2.75) is 32.6 Å². The first-order valence-electron chi connectivity index (χ1n) is 7.51. The summed E-state index contributed by atoms with van der Waals surface area (Å²) < 4.78 is 15.8. The van der Waals surface area contributed by atoms with E-state index in [0.717, 1.165) is 25.9 Å². The molecule has 0 aromatic rings. The van der Waals surface area contributed by atoms with E-state index in [2.05, 4.69) is 12.2 Å². The van der Waals surface area contributed by atoms with Crippen molar-refractivity contribution in [1.82, 2.24) is 5.32 Å². The monoisotopic (exact) mass is 290 g/mol. The third kappa shape index (κ3) is 15.4. The van der Waals surface area contributed by atoms with E-state index in [9.17, 15) is 4.79 Å². The van der Waals surface area contributed by atoms with Crippen LogP contribution in [0, 0.1) is 0 Å². The normalized spacial score (nSPS) is 10.7. The molecule has 0 bridgehead atoms. The number of carbonyl (C=O) groups is 1. The van der Waals surface area contributed by atoms with E-state index in [1.54, 1.807) is 0 Å². The molecule has 0 spiro atoms. The SMILES string of the molecule is CCCCOCCCNC(=O)CCOCCOCCN. The van der Waals surface area contributed by atoms with Gasteiger partial charge in [0.05, 0.1) is 26.4 Å². The van der Waals surface area contributed by atoms with E-state index in [4.69, 9.17) is 19.9 Å². The van der Waals surface area contributed by atoms with E-state index in [0.29, 0.717) is 52.5 Å². The lowest BCUT2D eigenvalue weighted by atomic mass is 10.3. The second-order valence-corrected chi connectivity index (χ2v) is 4.43. The van der Waals surface area contributed by atoms with Gasteiger partial charge in [0.1, 0.15) is 0 Å². The molecule has 0 heterocycles. The van der Waals surface area contributed by atoms with Gasteiger partial charge in [-0.2, -0.15) is 0 Å². The van der Waals surface area contributed by atoms with Gasteiger partial charge in [0.2, 0.25) is 5.91 Å². The number of hydrogen-bond acceptors (Lipinski definition) is 5. The maximum atomic E-state index is 11.4. The highest BCUT2D eigenvalue weighted by molar-refractivity contribution is 5.75. The fourth-order valence-corrected chi connectivity index (χ4v) is 1.41. The number of rotatable bonds is 15. The predicted octanol–water partition coefficient (Wildman–Crippen LogP) is 0.691. The van der Waals surface area contributed by atoms with Gasteiger partial charge in [0.25, 0.3) is 0 Å². The van der Waals surface area contributed by atoms with E-state index in [1.165, 1.54) is 0 Å². The first kappa shape index (κ1) is 19.3. The van der Waals surface area contributed by atoms with Crippen LogP contribution in [0.2, 0.25) is 0 Å². The lowest BCUT2D eigenvalue weighted by Crippen LogP contribution is -2.26. The molecule has 3 N–H and O–H groups in total. The molecule has 6 heteroatoms. The van der Waals surface area contributed by atoms with Gasteiger partial charge in [-0.3, -0.25) is 4.79 Å². The summed E-state index contributed by atoms with van der Waals surface area (Å²) >= 11 is 0. The summed E-state index contributed by atoms with van der Waals surface area (Å²) in [6, 6.07) is 0. The topological polar surface area (TPSA) is 82.8 Å². The summed E-state index contributed by atoms with van der Waals surface area (Å²) in [5, 5.41) is 2.84. The van der Waals surface area contributed by atoms with E-state index in [-0.39, 0.29) is 5.91 Å². The van der Waals surface area contributed by atoms with Crippen molar-refractivity contribution >= 4 is 5.91 Å². The summed E-state index contributed by atoms with van der Waals surface area (Å²) in [5.41, 5.74) is 5.27. The molecule has 0 aromatic heterocycles. The predicted molar refractivity (Wildman–Crippen MR) is 78.7 cm³/mol. The zero-order valence-corrected chi connectivity index (χ0v) is 12.7. The highest BCUT2D eigenvalue weighted by Crippen LogP contribution is 1.90. The Hall–Kier alpha value is -0.690. The van der Waals surface area contributed by atoms with Crippen LogP contribution in [0.25, 0.3) is 0 Å². The lowest BCUT2D eigenvalue weighted by Gasteiger charge is -2.07. The number of amides is 1. The highest BCUT2D eigenvalue weighted by Gasteiger charge is 2.00. The fraction of sp³-hybridized carbons (Fsp3) is 0.929. The lowest BCUT2D eigenvalue weighted by molar-refractivity contribution is -0.122. The van der Waals surface area contributed by atoms with Crippen molar-refractivity contribution < 1.29 is 19.0 Å². The average Bonchev–Trinajstić information content (AvgIpc) is 2.45. The maximum absolute atomic E-state index is 11.4. The number of nitrogens with one attached hydrogen (secondary N) is 1. The number of ether oxygens (including phenoxy) is 3. The number of carbonyl (C=O) groups excluding carboxylic acids is 1. The second kappa shape index (κ2) is 16.4. The molecule has 0 aliphatic heterocycles. The molecular weight excluding hydrogens is 260 g/mol. The van der Waals surface area contributed by atoms with Crippen molar-refractivity contribution in [2.75, 3.05) is 52.7 Å². The molecule has 0 saturated heterocycles. The van der Waals surface area contributed by atoms with E-state index in [1.807, 2.05) is 0 Å². The summed E-state index contributed by atoms with van der Waals surface area (Å²) in [4.78, 5) is 11.4. The Morgan fingerprint density at radius 2 is 1.60 bits per heavy atom. The summed E-state index contributed by atoms with van der Waals surface area (Å²) in [6.07, 6.45) is 3.48. The number of unbranched alkanes of at least 4 members (excludes halogenated alkanes) is 1. The van der Waals surface area contributed by atoms with Crippen LogP contribution in [-0.2, 0) is 19.0 Å². The summed E-state index contributed by atoms with van der Waals surface area (Å²) in [6.45, 7) is 6.81. The minimum Gasteiger partial charge on any atom is -0.381 e. The number of hydrogen-bond donors (Lipinski definition) is 2. The minimum absolute atomic E-state index is 0.0152. The van der Waals surface area contributed by atoms with Gasteiger partial charge < -0.3 is 25.3 Å². The Balaban J connectivity index is 3.13. The molecule has 1 amide bonds. The van der Waals surface area contributed by atoms with Gasteiger partial charge >= 0.3 is 0 Å². The molecule has 20 heavy (non-hydrogen) atoms. The Labute approximate surface area is 122 Å². The third-order valence-electron chi connectivity index (χ3n) is 2.54. The van der Waals surface area contributed by atoms with Gasteiger partial charge in [-0.25, -0.2) is 0 Å². The fourth-order valence-electron chi connectivity index (χ4n) is 1.41. The molecule has 0 rings (SSSR count). The standard InChI is InChI=1S/C14H30N2O4/c1-2-3-8-18-9-4-7-16-14(17)5-10-19-12-13-20-11-6-15/h2-13,15H2,1H3,(H,16,17). The smallest absolute Gasteiger partial charge is 0.222 e. The van der Waals surface area contributed by atoms with Crippen LogP contribution in [0.4, 0.5) is 0 Å². The van der Waals surface area contributed by atoms with Crippen molar-refractivity contribution in [3.05, 3.63) is 0 Å². The Morgan fingerprint density at radius 1 is 0.950 bits per heavy atom. The first-order chi connectivity index (χ1) is 9.81. The van der Waals surface area contributed by atoms with Crippen LogP contribution in [0.15, 0.2) is 0 Å². The molecule has 0 fully saturated rings. The van der Waals surface area contributed by atoms with Crippen LogP contribution in [-0.4, -0.2) is 58.6 Å². The average molecular weight is 290 g/mol. The Bertz CT molecular complexity index is 195. The first-order valence-corrected chi connectivity index (χ1v) is 7.51. The molecule has 0 aliphatic carbocycles. The molecule has 0 radical (unpaired) electrons. The zero-order chi connectivity index (χ0) is 14.9. The second-order valence-electron chi connectivity index (χ2n) is 4.43. The van der Waals surface area contributed by atoms with Gasteiger partial charge in [-0.1, -0.05) is 13.3 Å². The van der Waals surface area contributed by atoms with Crippen molar-refractivity contribution in [2.24, 2.45) is 5.73 Å². The van der Waals surface area contributed by atoms with Crippen molar-refractivity contribution in [3.63, 3.8) is 0 Å². The van der Waals surface area contributed by atoms with Crippen LogP contribution >= 0.6 is 0 Å². The molecule has 0 saturated carbocycles. The molecule has 0 unspecified atom stereocenters. The van der Waals surface area contributed by atoms with Crippen molar-refractivity contribution in [3.8, 4) is 0 Å². The van der Waals surface area contributed by atoms with Crippen LogP contribution in [0.5, 0.6) is 0 Å². The molecule has 0 aromatic carbocycles. The zero-order valence-electron chi connectivity index (χ0n) is 12.7. The van der Waals surface area contributed by atoms with Gasteiger partial charge in [-0.15, -0.1) is 0 Å². The highest BCUT2D eigenvalue weighted by atomic mass is 16.5. The van der Waals surface area contributed by atoms with Crippen LogP contribution in [0.3, 0.4) is 0 Å². The summed E-state index contributed by atoms with van der Waals surface area (Å²) in [5.74, 6) is 0.0152. The number of nitrogens with two attached hydrogens (primary N) is 1. The molecule has 0 atom stereocenters. The molecule has 120 valence electrons. The quantitative estimate of drug-likeness (QED) is 0.434. The van der Waals surface area contributed by atoms with Gasteiger partial charge in [-0.05, 0) is 12.8 Å². The van der Waals surface area contributed by atoms with Gasteiger partial charge in [0.15, 0.2) is 0 Å². The van der Waals surface area contributed by atoms with E-state index < -0.39 is 0 Å². The maximum Gasteiger partial charge on any atom is 0.222 e.